The van der Waals surface area contributed by atoms with Crippen LogP contribution in [0, 0.1) is 29.5 Å². The SMILES string of the molecule is C#Cc1ccc(CN2CCN(c3ccc(C#N)cc3F)CC2)nc1. The van der Waals surface area contributed by atoms with Crippen LogP contribution in [0.4, 0.5) is 10.1 Å². The molecule has 0 bridgehead atoms. The molecule has 1 aliphatic heterocycles. The molecule has 1 aliphatic rings. The fraction of sp³-hybridized carbons (Fsp3) is 0.263. The third kappa shape index (κ3) is 3.53. The maximum atomic E-state index is 14.1. The van der Waals surface area contributed by atoms with Crippen LogP contribution in [0.15, 0.2) is 36.5 Å². The van der Waals surface area contributed by atoms with Gasteiger partial charge in [-0.1, -0.05) is 5.92 Å². The molecular formula is C19H17FN4. The summed E-state index contributed by atoms with van der Waals surface area (Å²) in [6.07, 6.45) is 7.04. The van der Waals surface area contributed by atoms with E-state index in [1.54, 1.807) is 18.3 Å². The van der Waals surface area contributed by atoms with Gasteiger partial charge in [0.05, 0.1) is 23.0 Å². The fourth-order valence-corrected chi connectivity index (χ4v) is 2.81. The van der Waals surface area contributed by atoms with Gasteiger partial charge in [0.1, 0.15) is 5.82 Å². The molecule has 0 atom stereocenters. The molecule has 2 heterocycles. The second-order valence-corrected chi connectivity index (χ2v) is 5.72. The van der Waals surface area contributed by atoms with Crippen molar-refractivity contribution in [3.05, 3.63) is 59.2 Å². The second kappa shape index (κ2) is 7.12. The van der Waals surface area contributed by atoms with Gasteiger partial charge in [-0.3, -0.25) is 9.88 Å². The van der Waals surface area contributed by atoms with E-state index < -0.39 is 0 Å². The molecule has 0 N–H and O–H groups in total. The number of benzene rings is 1. The number of halogens is 1. The normalized spacial score (nSPS) is 14.9. The minimum absolute atomic E-state index is 0.339. The lowest BCUT2D eigenvalue weighted by Gasteiger charge is -2.36. The highest BCUT2D eigenvalue weighted by Crippen LogP contribution is 2.22. The number of nitriles is 1. The van der Waals surface area contributed by atoms with E-state index in [9.17, 15) is 4.39 Å². The van der Waals surface area contributed by atoms with Crippen LogP contribution in [-0.2, 0) is 6.54 Å². The molecule has 0 saturated carbocycles. The van der Waals surface area contributed by atoms with E-state index in [0.29, 0.717) is 11.3 Å². The maximum Gasteiger partial charge on any atom is 0.147 e. The molecule has 0 amide bonds. The third-order valence-corrected chi connectivity index (χ3v) is 4.17. The van der Waals surface area contributed by atoms with Gasteiger partial charge in [-0.15, -0.1) is 6.42 Å². The lowest BCUT2D eigenvalue weighted by atomic mass is 10.1. The summed E-state index contributed by atoms with van der Waals surface area (Å²) >= 11 is 0. The first-order valence-corrected chi connectivity index (χ1v) is 7.78. The number of rotatable bonds is 3. The summed E-state index contributed by atoms with van der Waals surface area (Å²) in [6, 6.07) is 10.4. The lowest BCUT2D eigenvalue weighted by Crippen LogP contribution is -2.46. The molecule has 120 valence electrons. The maximum absolute atomic E-state index is 14.1. The van der Waals surface area contributed by atoms with Crippen LogP contribution >= 0.6 is 0 Å². The van der Waals surface area contributed by atoms with Crippen LogP contribution in [0.1, 0.15) is 16.8 Å². The minimum atomic E-state index is -0.339. The second-order valence-electron chi connectivity index (χ2n) is 5.72. The Morgan fingerprint density at radius 3 is 2.46 bits per heavy atom. The van der Waals surface area contributed by atoms with Gasteiger partial charge in [-0.05, 0) is 30.3 Å². The molecule has 4 nitrogen and oxygen atoms in total. The summed E-state index contributed by atoms with van der Waals surface area (Å²) in [6.45, 7) is 3.90. The molecule has 3 rings (SSSR count). The van der Waals surface area contributed by atoms with E-state index in [-0.39, 0.29) is 5.82 Å². The monoisotopic (exact) mass is 320 g/mol. The summed E-state index contributed by atoms with van der Waals surface area (Å²) < 4.78 is 14.1. The molecule has 0 spiro atoms. The van der Waals surface area contributed by atoms with Gasteiger partial charge >= 0.3 is 0 Å². The zero-order chi connectivity index (χ0) is 16.9. The number of hydrogen-bond acceptors (Lipinski definition) is 4. The molecule has 1 aromatic carbocycles. The molecule has 0 aliphatic carbocycles. The molecule has 0 radical (unpaired) electrons. The first kappa shape index (κ1) is 16.0. The summed E-state index contributed by atoms with van der Waals surface area (Å²) in [5.41, 5.74) is 2.66. The standard InChI is InChI=1S/C19H17FN4/c1-2-15-3-5-17(22-13-15)14-23-7-9-24(10-8-23)19-6-4-16(12-21)11-18(19)20/h1,3-6,11,13H,7-10,14H2. The summed E-state index contributed by atoms with van der Waals surface area (Å²) in [7, 11) is 0. The fourth-order valence-electron chi connectivity index (χ4n) is 2.81. The van der Waals surface area contributed by atoms with E-state index in [0.717, 1.165) is 44.0 Å². The largest absolute Gasteiger partial charge is 0.367 e. The van der Waals surface area contributed by atoms with Crippen LogP contribution in [-0.4, -0.2) is 36.1 Å². The molecule has 24 heavy (non-hydrogen) atoms. The summed E-state index contributed by atoms with van der Waals surface area (Å²) in [5.74, 6) is 2.22. The van der Waals surface area contributed by atoms with Crippen molar-refractivity contribution in [1.29, 1.82) is 5.26 Å². The molecule has 1 aromatic heterocycles. The predicted octanol–water partition coefficient (Wildman–Crippen LogP) is 2.40. The summed E-state index contributed by atoms with van der Waals surface area (Å²) in [4.78, 5) is 8.67. The average Bonchev–Trinajstić information content (AvgIpc) is 2.63. The van der Waals surface area contributed by atoms with Gasteiger partial charge in [0.25, 0.3) is 0 Å². The van der Waals surface area contributed by atoms with Crippen molar-refractivity contribution < 1.29 is 4.39 Å². The highest BCUT2D eigenvalue weighted by molar-refractivity contribution is 5.51. The Labute approximate surface area is 141 Å². The van der Waals surface area contributed by atoms with Crippen LogP contribution in [0.25, 0.3) is 0 Å². The molecule has 1 fully saturated rings. The van der Waals surface area contributed by atoms with Crippen molar-refractivity contribution in [1.82, 2.24) is 9.88 Å². The Morgan fingerprint density at radius 1 is 1.12 bits per heavy atom. The number of terminal acetylenes is 1. The van der Waals surface area contributed by atoms with Gasteiger partial charge in [0.15, 0.2) is 0 Å². The Balaban J connectivity index is 1.59. The van der Waals surface area contributed by atoms with Crippen molar-refractivity contribution in [2.24, 2.45) is 0 Å². The highest BCUT2D eigenvalue weighted by atomic mass is 19.1. The lowest BCUT2D eigenvalue weighted by molar-refractivity contribution is 0.246. The van der Waals surface area contributed by atoms with Crippen molar-refractivity contribution >= 4 is 5.69 Å². The Morgan fingerprint density at radius 2 is 1.88 bits per heavy atom. The highest BCUT2D eigenvalue weighted by Gasteiger charge is 2.20. The Hall–Kier alpha value is -2.89. The van der Waals surface area contributed by atoms with E-state index in [1.807, 2.05) is 23.1 Å². The summed E-state index contributed by atoms with van der Waals surface area (Å²) in [5, 5.41) is 8.82. The van der Waals surface area contributed by atoms with Crippen LogP contribution < -0.4 is 4.90 Å². The van der Waals surface area contributed by atoms with Crippen molar-refractivity contribution in [3.63, 3.8) is 0 Å². The van der Waals surface area contributed by atoms with Gasteiger partial charge in [-0.2, -0.15) is 5.26 Å². The van der Waals surface area contributed by atoms with E-state index in [1.165, 1.54) is 6.07 Å². The van der Waals surface area contributed by atoms with Crippen LogP contribution in [0.2, 0.25) is 0 Å². The zero-order valence-corrected chi connectivity index (χ0v) is 13.2. The Bertz CT molecular complexity index is 794. The first-order valence-electron chi connectivity index (χ1n) is 7.78. The number of piperazine rings is 1. The predicted molar refractivity (Wildman–Crippen MR) is 90.8 cm³/mol. The first-order chi connectivity index (χ1) is 11.7. The topological polar surface area (TPSA) is 43.2 Å². The Kier molecular flexibility index (Phi) is 4.74. The number of anilines is 1. The van der Waals surface area contributed by atoms with Gasteiger partial charge < -0.3 is 4.90 Å². The molecule has 2 aromatic rings. The van der Waals surface area contributed by atoms with Gasteiger partial charge in [0, 0.05) is 44.5 Å². The molecule has 5 heteroatoms. The average molecular weight is 320 g/mol. The quantitative estimate of drug-likeness (QED) is 0.815. The van der Waals surface area contributed by atoms with Crippen LogP contribution in [0.5, 0.6) is 0 Å². The van der Waals surface area contributed by atoms with Gasteiger partial charge in [-0.25, -0.2) is 4.39 Å². The van der Waals surface area contributed by atoms with Crippen molar-refractivity contribution in [2.75, 3.05) is 31.1 Å². The molecule has 0 unspecified atom stereocenters. The smallest absolute Gasteiger partial charge is 0.147 e. The van der Waals surface area contributed by atoms with E-state index in [4.69, 9.17) is 11.7 Å². The molecular weight excluding hydrogens is 303 g/mol. The van der Waals surface area contributed by atoms with E-state index >= 15 is 0 Å². The zero-order valence-electron chi connectivity index (χ0n) is 13.2. The number of hydrogen-bond donors (Lipinski definition) is 0. The molecule has 1 saturated heterocycles. The van der Waals surface area contributed by atoms with Crippen LogP contribution in [0.3, 0.4) is 0 Å². The number of pyridine rings is 1. The van der Waals surface area contributed by atoms with Gasteiger partial charge in [0.2, 0.25) is 0 Å². The minimum Gasteiger partial charge on any atom is -0.367 e. The third-order valence-electron chi connectivity index (χ3n) is 4.17. The number of aromatic nitrogens is 1. The van der Waals surface area contributed by atoms with Crippen molar-refractivity contribution in [2.45, 2.75) is 6.54 Å². The van der Waals surface area contributed by atoms with E-state index in [2.05, 4.69) is 15.8 Å². The van der Waals surface area contributed by atoms with Crippen molar-refractivity contribution in [3.8, 4) is 18.4 Å². The number of nitrogens with zero attached hydrogens (tertiary/aromatic N) is 4.